The van der Waals surface area contributed by atoms with Gasteiger partial charge in [0.2, 0.25) is 0 Å². The van der Waals surface area contributed by atoms with E-state index in [9.17, 15) is 0 Å². The van der Waals surface area contributed by atoms with Crippen LogP contribution < -0.4 is 5.32 Å². The predicted octanol–water partition coefficient (Wildman–Crippen LogP) is 3.33. The third-order valence-electron chi connectivity index (χ3n) is 2.02. The second kappa shape index (κ2) is 3.40. The summed E-state index contributed by atoms with van der Waals surface area (Å²) in [6.45, 7) is 2.23. The van der Waals surface area contributed by atoms with E-state index in [0.717, 1.165) is 0 Å². The van der Waals surface area contributed by atoms with E-state index >= 15 is 0 Å². The van der Waals surface area contributed by atoms with Gasteiger partial charge in [-0.25, -0.2) is 0 Å². The average molecular weight is 179 g/mol. The molecule has 2 rings (SSSR count). The first kappa shape index (κ1) is 7.99. The molecule has 0 radical (unpaired) electrons. The van der Waals surface area contributed by atoms with Crippen molar-refractivity contribution in [2.45, 2.75) is 30.0 Å². The molecule has 1 heterocycles. The quantitative estimate of drug-likeness (QED) is 0.747. The van der Waals surface area contributed by atoms with E-state index in [-0.39, 0.29) is 0 Å². The van der Waals surface area contributed by atoms with Crippen molar-refractivity contribution >= 4 is 17.4 Å². The summed E-state index contributed by atoms with van der Waals surface area (Å²) in [5, 5.41) is 4.10. The molecule has 1 aliphatic rings. The van der Waals surface area contributed by atoms with Gasteiger partial charge < -0.3 is 5.32 Å². The van der Waals surface area contributed by atoms with E-state index in [4.69, 9.17) is 0 Å². The van der Waals surface area contributed by atoms with Gasteiger partial charge in [0.25, 0.3) is 0 Å². The molecule has 1 aliphatic heterocycles. The maximum absolute atomic E-state index is 3.50. The molecule has 0 spiro atoms. The van der Waals surface area contributed by atoms with Crippen molar-refractivity contribution in [2.75, 3.05) is 5.32 Å². The fourth-order valence-corrected chi connectivity index (χ4v) is 2.70. The van der Waals surface area contributed by atoms with Gasteiger partial charge in [-0.15, -0.1) is 0 Å². The summed E-state index contributed by atoms with van der Waals surface area (Å²) in [5.74, 6) is 0. The molecule has 2 heteroatoms. The topological polar surface area (TPSA) is 12.0 Å². The van der Waals surface area contributed by atoms with E-state index < -0.39 is 0 Å². The van der Waals surface area contributed by atoms with E-state index in [0.29, 0.717) is 5.37 Å². The monoisotopic (exact) mass is 179 g/mol. The number of rotatable bonds is 2. The predicted molar refractivity (Wildman–Crippen MR) is 54.6 cm³/mol. The normalized spacial score (nSPS) is 20.2. The van der Waals surface area contributed by atoms with Crippen molar-refractivity contribution in [2.24, 2.45) is 0 Å². The van der Waals surface area contributed by atoms with Gasteiger partial charge in [0.05, 0.1) is 5.37 Å². The van der Waals surface area contributed by atoms with Crippen LogP contribution in [-0.4, -0.2) is 5.37 Å². The molecule has 1 aromatic rings. The Balaban J connectivity index is 2.11. The van der Waals surface area contributed by atoms with Crippen molar-refractivity contribution in [1.29, 1.82) is 0 Å². The van der Waals surface area contributed by atoms with Gasteiger partial charge in [-0.2, -0.15) is 0 Å². The standard InChI is InChI=1S/C10H13NS/c1-2-5-10-11-8-6-3-4-7-9(8)12-10/h3-4,6-7,10-11H,2,5H2,1H3. The van der Waals surface area contributed by atoms with Crippen LogP contribution in [0.5, 0.6) is 0 Å². The molecule has 64 valence electrons. The van der Waals surface area contributed by atoms with Crippen molar-refractivity contribution in [1.82, 2.24) is 0 Å². The molecule has 1 nitrogen and oxygen atoms in total. The van der Waals surface area contributed by atoms with Crippen molar-refractivity contribution < 1.29 is 0 Å². The van der Waals surface area contributed by atoms with Crippen LogP contribution >= 0.6 is 11.8 Å². The minimum Gasteiger partial charge on any atom is -0.372 e. The van der Waals surface area contributed by atoms with Crippen LogP contribution in [0.1, 0.15) is 19.8 Å². The Morgan fingerprint density at radius 2 is 2.25 bits per heavy atom. The van der Waals surface area contributed by atoms with E-state index in [2.05, 4.69) is 36.5 Å². The SMILES string of the molecule is CCCC1Nc2ccccc2S1. The summed E-state index contributed by atoms with van der Waals surface area (Å²) < 4.78 is 0. The minimum absolute atomic E-state index is 0.604. The molecule has 0 fully saturated rings. The fourth-order valence-electron chi connectivity index (χ4n) is 1.44. The Morgan fingerprint density at radius 3 is 3.00 bits per heavy atom. The zero-order chi connectivity index (χ0) is 8.39. The highest BCUT2D eigenvalue weighted by molar-refractivity contribution is 8.00. The Morgan fingerprint density at radius 1 is 1.42 bits per heavy atom. The van der Waals surface area contributed by atoms with Crippen molar-refractivity contribution in [3.63, 3.8) is 0 Å². The first-order chi connectivity index (χ1) is 5.90. The van der Waals surface area contributed by atoms with Gasteiger partial charge in [-0.3, -0.25) is 0 Å². The maximum Gasteiger partial charge on any atom is 0.0769 e. The smallest absolute Gasteiger partial charge is 0.0769 e. The molecule has 0 saturated heterocycles. The lowest BCUT2D eigenvalue weighted by molar-refractivity contribution is 0.803. The minimum atomic E-state index is 0.604. The van der Waals surface area contributed by atoms with Crippen LogP contribution in [0.4, 0.5) is 5.69 Å². The molecule has 12 heavy (non-hydrogen) atoms. The molecular formula is C10H13NS. The first-order valence-corrected chi connectivity index (χ1v) is 5.30. The first-order valence-electron chi connectivity index (χ1n) is 4.42. The second-order valence-electron chi connectivity index (χ2n) is 3.04. The largest absolute Gasteiger partial charge is 0.372 e. The number of nitrogens with one attached hydrogen (secondary N) is 1. The molecule has 0 bridgehead atoms. The number of benzene rings is 1. The van der Waals surface area contributed by atoms with Gasteiger partial charge >= 0.3 is 0 Å². The molecule has 0 aliphatic carbocycles. The summed E-state index contributed by atoms with van der Waals surface area (Å²) in [6.07, 6.45) is 2.50. The van der Waals surface area contributed by atoms with Crippen LogP contribution in [0.3, 0.4) is 0 Å². The number of hydrogen-bond acceptors (Lipinski definition) is 2. The second-order valence-corrected chi connectivity index (χ2v) is 4.28. The van der Waals surface area contributed by atoms with Crippen LogP contribution in [0.25, 0.3) is 0 Å². The van der Waals surface area contributed by atoms with Gasteiger partial charge in [-0.1, -0.05) is 37.2 Å². The molecule has 0 saturated carbocycles. The number of anilines is 1. The van der Waals surface area contributed by atoms with Gasteiger partial charge in [-0.05, 0) is 18.6 Å². The van der Waals surface area contributed by atoms with Gasteiger partial charge in [0, 0.05) is 10.6 Å². The van der Waals surface area contributed by atoms with Crippen LogP contribution in [0, 0.1) is 0 Å². The molecular weight excluding hydrogens is 166 g/mol. The molecule has 1 unspecified atom stereocenters. The highest BCUT2D eigenvalue weighted by atomic mass is 32.2. The molecule has 0 aromatic heterocycles. The van der Waals surface area contributed by atoms with E-state index in [1.54, 1.807) is 0 Å². The van der Waals surface area contributed by atoms with E-state index in [1.165, 1.54) is 23.4 Å². The van der Waals surface area contributed by atoms with Crippen LogP contribution in [0.15, 0.2) is 29.2 Å². The number of hydrogen-bond donors (Lipinski definition) is 1. The lowest BCUT2D eigenvalue weighted by Gasteiger charge is -2.06. The highest BCUT2D eigenvalue weighted by Crippen LogP contribution is 2.39. The summed E-state index contributed by atoms with van der Waals surface area (Å²) in [4.78, 5) is 1.40. The number of thioether (sulfide) groups is 1. The zero-order valence-corrected chi connectivity index (χ0v) is 8.03. The summed E-state index contributed by atoms with van der Waals surface area (Å²) in [7, 11) is 0. The lowest BCUT2D eigenvalue weighted by Crippen LogP contribution is -2.08. The Bertz CT molecular complexity index is 247. The Kier molecular flexibility index (Phi) is 2.26. The summed E-state index contributed by atoms with van der Waals surface area (Å²) in [5.41, 5.74) is 1.31. The number of fused-ring (bicyclic) bond motifs is 1. The number of para-hydroxylation sites is 1. The molecule has 1 N–H and O–H groups in total. The van der Waals surface area contributed by atoms with Crippen LogP contribution in [-0.2, 0) is 0 Å². The van der Waals surface area contributed by atoms with Crippen molar-refractivity contribution in [3.05, 3.63) is 24.3 Å². The average Bonchev–Trinajstić information content (AvgIpc) is 2.47. The summed E-state index contributed by atoms with van der Waals surface area (Å²) >= 11 is 1.95. The van der Waals surface area contributed by atoms with Crippen LogP contribution in [0.2, 0.25) is 0 Å². The lowest BCUT2D eigenvalue weighted by atomic mass is 10.3. The third kappa shape index (κ3) is 1.44. The highest BCUT2D eigenvalue weighted by Gasteiger charge is 2.18. The molecule has 1 aromatic carbocycles. The van der Waals surface area contributed by atoms with Crippen molar-refractivity contribution in [3.8, 4) is 0 Å². The Labute approximate surface area is 77.6 Å². The maximum atomic E-state index is 3.50. The Hall–Kier alpha value is -0.630. The van der Waals surface area contributed by atoms with Gasteiger partial charge in [0.1, 0.15) is 0 Å². The van der Waals surface area contributed by atoms with Gasteiger partial charge in [0.15, 0.2) is 0 Å². The van der Waals surface area contributed by atoms with E-state index in [1.807, 2.05) is 11.8 Å². The summed E-state index contributed by atoms with van der Waals surface area (Å²) in [6, 6.07) is 8.52. The molecule has 1 atom stereocenters. The zero-order valence-electron chi connectivity index (χ0n) is 7.21. The third-order valence-corrected chi connectivity index (χ3v) is 3.27. The fraction of sp³-hybridized carbons (Fsp3) is 0.400. The molecule has 0 amide bonds.